The number of alkyl halides is 3. The molecule has 1 aromatic rings. The van der Waals surface area contributed by atoms with E-state index >= 15 is 0 Å². The number of nitrogens with one attached hydrogen (secondary N) is 4. The lowest BCUT2D eigenvalue weighted by Gasteiger charge is -2.27. The number of hydrogen-bond acceptors (Lipinski definition) is 5. The van der Waals surface area contributed by atoms with Crippen LogP contribution >= 0.6 is 11.6 Å². The van der Waals surface area contributed by atoms with E-state index in [1.54, 1.807) is 6.92 Å². The molecule has 1 aromatic carbocycles. The summed E-state index contributed by atoms with van der Waals surface area (Å²) in [6.07, 6.45) is -3.20. The minimum atomic E-state index is -4.86. The maximum Gasteiger partial charge on any atom is 0.402 e. The van der Waals surface area contributed by atoms with Gasteiger partial charge in [-0.3, -0.25) is 24.0 Å². The number of ketones is 1. The molecule has 2 aliphatic rings. The van der Waals surface area contributed by atoms with Crippen molar-refractivity contribution in [3.05, 3.63) is 28.8 Å². The van der Waals surface area contributed by atoms with Crippen molar-refractivity contribution in [1.82, 2.24) is 16.0 Å². The Morgan fingerprint density at radius 1 is 1.16 bits per heavy atom. The van der Waals surface area contributed by atoms with Gasteiger partial charge in [-0.15, -0.1) is 0 Å². The van der Waals surface area contributed by atoms with Crippen LogP contribution in [0.1, 0.15) is 56.8 Å². The summed E-state index contributed by atoms with van der Waals surface area (Å²) >= 11 is 5.99. The van der Waals surface area contributed by atoms with Gasteiger partial charge in [0.1, 0.15) is 5.41 Å². The quantitative estimate of drug-likeness (QED) is 0.355. The van der Waals surface area contributed by atoms with Crippen LogP contribution in [0.4, 0.5) is 18.9 Å². The molecule has 0 aromatic heterocycles. The number of Topliss-reactive ketones (excluding diaryl/α,β-unsaturated/α-hetero) is 1. The van der Waals surface area contributed by atoms with Gasteiger partial charge >= 0.3 is 6.18 Å². The Hall–Kier alpha value is -3.15. The van der Waals surface area contributed by atoms with Crippen molar-refractivity contribution in [1.29, 1.82) is 0 Å². The summed E-state index contributed by atoms with van der Waals surface area (Å²) in [4.78, 5) is 63.3. The maximum absolute atomic E-state index is 13.3. The van der Waals surface area contributed by atoms with Crippen LogP contribution in [0.2, 0.25) is 5.02 Å². The Labute approximate surface area is 216 Å². The molecule has 1 saturated carbocycles. The van der Waals surface area contributed by atoms with E-state index in [2.05, 4.69) is 21.3 Å². The Morgan fingerprint density at radius 3 is 2.35 bits per heavy atom. The molecular formula is C24H28ClF3N4O5. The molecule has 1 aliphatic carbocycles. The third-order valence-corrected chi connectivity index (χ3v) is 6.66. The Morgan fingerprint density at radius 2 is 1.81 bits per heavy atom. The first-order chi connectivity index (χ1) is 17.1. The molecule has 0 spiro atoms. The molecule has 9 nitrogen and oxygen atoms in total. The van der Waals surface area contributed by atoms with Crippen LogP contribution in [0.3, 0.4) is 0 Å². The number of rotatable bonds is 9. The number of carbonyl (C=O) groups excluding carboxylic acids is 5. The molecule has 1 unspecified atom stereocenters. The standard InChI is InChI=1S/C24H28ClF3N4O5/c1-11-8-12(19(34)29-11)9-17(18(33)21(36)30-14-5-6-14)31-20(35)15-10-13(25)4-7-16(15)32-22(37)23(2,3)24(26,27)28/h4,7,10-12,14,17H,5-6,8-9H2,1-3H3,(H,29,34)(H,30,36)(H,31,35)(H,32,37)/t11-,12+,17?/m1/s1. The monoisotopic (exact) mass is 544 g/mol. The smallest absolute Gasteiger partial charge is 0.353 e. The largest absolute Gasteiger partial charge is 0.402 e. The summed E-state index contributed by atoms with van der Waals surface area (Å²) in [6.45, 7) is 3.16. The van der Waals surface area contributed by atoms with E-state index in [-0.39, 0.29) is 40.7 Å². The van der Waals surface area contributed by atoms with Gasteiger partial charge in [-0.2, -0.15) is 13.2 Å². The van der Waals surface area contributed by atoms with Gasteiger partial charge in [-0.05, 0) is 64.7 Å². The van der Waals surface area contributed by atoms with Crippen molar-refractivity contribution in [2.24, 2.45) is 11.3 Å². The Bertz CT molecular complexity index is 1120. The lowest BCUT2D eigenvalue weighted by atomic mass is 9.91. The Kier molecular flexibility index (Phi) is 8.21. The van der Waals surface area contributed by atoms with Gasteiger partial charge in [0.2, 0.25) is 17.6 Å². The first-order valence-corrected chi connectivity index (χ1v) is 12.1. The van der Waals surface area contributed by atoms with Gasteiger partial charge in [0.15, 0.2) is 0 Å². The fraction of sp³-hybridized carbons (Fsp3) is 0.542. The predicted octanol–water partition coefficient (Wildman–Crippen LogP) is 2.73. The van der Waals surface area contributed by atoms with Crippen molar-refractivity contribution in [3.63, 3.8) is 0 Å². The van der Waals surface area contributed by atoms with Crippen molar-refractivity contribution in [2.45, 2.75) is 70.8 Å². The van der Waals surface area contributed by atoms with Crippen molar-refractivity contribution >= 4 is 46.7 Å². The van der Waals surface area contributed by atoms with Crippen LogP contribution in [0.15, 0.2) is 18.2 Å². The highest BCUT2D eigenvalue weighted by Gasteiger charge is 2.53. The second-order valence-electron chi connectivity index (χ2n) is 9.98. The molecule has 3 atom stereocenters. The highest BCUT2D eigenvalue weighted by atomic mass is 35.5. The molecular weight excluding hydrogens is 517 g/mol. The van der Waals surface area contributed by atoms with Crippen LogP contribution < -0.4 is 21.3 Å². The minimum Gasteiger partial charge on any atom is -0.353 e. The lowest BCUT2D eigenvalue weighted by molar-refractivity contribution is -0.208. The molecule has 0 bridgehead atoms. The zero-order valence-electron chi connectivity index (χ0n) is 20.4. The van der Waals surface area contributed by atoms with Gasteiger partial charge in [0.25, 0.3) is 11.8 Å². The summed E-state index contributed by atoms with van der Waals surface area (Å²) in [5.74, 6) is -5.23. The molecule has 4 N–H and O–H groups in total. The highest BCUT2D eigenvalue weighted by Crippen LogP contribution is 2.38. The van der Waals surface area contributed by atoms with Crippen molar-refractivity contribution < 1.29 is 37.1 Å². The molecule has 2 fully saturated rings. The van der Waals surface area contributed by atoms with E-state index in [1.807, 2.05) is 0 Å². The molecule has 13 heteroatoms. The van der Waals surface area contributed by atoms with Gasteiger partial charge in [-0.25, -0.2) is 0 Å². The van der Waals surface area contributed by atoms with E-state index in [1.165, 1.54) is 6.07 Å². The molecule has 37 heavy (non-hydrogen) atoms. The average Bonchev–Trinajstić information content (AvgIpc) is 3.55. The zero-order valence-corrected chi connectivity index (χ0v) is 21.2. The van der Waals surface area contributed by atoms with Crippen LogP contribution in [-0.4, -0.2) is 53.7 Å². The molecule has 4 amide bonds. The molecule has 0 radical (unpaired) electrons. The van der Waals surface area contributed by atoms with Crippen LogP contribution in [0.25, 0.3) is 0 Å². The number of hydrogen-bond donors (Lipinski definition) is 4. The second kappa shape index (κ2) is 10.7. The zero-order chi connectivity index (χ0) is 27.7. The molecule has 1 heterocycles. The third-order valence-electron chi connectivity index (χ3n) is 6.43. The van der Waals surface area contributed by atoms with Crippen molar-refractivity contribution in [3.8, 4) is 0 Å². The van der Waals surface area contributed by atoms with E-state index in [9.17, 15) is 37.1 Å². The topological polar surface area (TPSA) is 133 Å². The molecule has 202 valence electrons. The molecule has 1 aliphatic heterocycles. The summed E-state index contributed by atoms with van der Waals surface area (Å²) in [7, 11) is 0. The van der Waals surface area contributed by atoms with Gasteiger partial charge in [0.05, 0.1) is 17.3 Å². The molecule has 3 rings (SSSR count). The summed E-state index contributed by atoms with van der Waals surface area (Å²) in [6, 6.07) is 1.85. The minimum absolute atomic E-state index is 0.0385. The van der Waals surface area contributed by atoms with E-state index in [4.69, 9.17) is 11.6 Å². The summed E-state index contributed by atoms with van der Waals surface area (Å²) < 4.78 is 40.0. The Balaban J connectivity index is 1.85. The molecule has 1 saturated heterocycles. The van der Waals surface area contributed by atoms with Crippen LogP contribution in [-0.2, 0) is 19.2 Å². The summed E-state index contributed by atoms with van der Waals surface area (Å²) in [5, 5.41) is 9.82. The van der Waals surface area contributed by atoms with E-state index in [0.717, 1.165) is 25.0 Å². The van der Waals surface area contributed by atoms with Gasteiger partial charge < -0.3 is 21.3 Å². The average molecular weight is 545 g/mol. The lowest BCUT2D eigenvalue weighted by Crippen LogP contribution is -2.49. The second-order valence-corrected chi connectivity index (χ2v) is 10.4. The highest BCUT2D eigenvalue weighted by molar-refractivity contribution is 6.38. The van der Waals surface area contributed by atoms with E-state index in [0.29, 0.717) is 20.3 Å². The summed E-state index contributed by atoms with van der Waals surface area (Å²) in [5.41, 5.74) is -3.36. The first-order valence-electron chi connectivity index (χ1n) is 11.7. The maximum atomic E-state index is 13.3. The number of benzene rings is 1. The van der Waals surface area contributed by atoms with Crippen molar-refractivity contribution in [2.75, 3.05) is 5.32 Å². The normalized spacial score (nSPS) is 20.6. The number of anilines is 1. The number of carbonyl (C=O) groups is 5. The third kappa shape index (κ3) is 6.79. The fourth-order valence-corrected chi connectivity index (χ4v) is 3.94. The SMILES string of the molecule is C[C@@H]1C[C@@H](CC(NC(=O)c2cc(Cl)ccc2NC(=O)C(C)(C)C(F)(F)F)C(=O)C(=O)NC2CC2)C(=O)N1. The van der Waals surface area contributed by atoms with Crippen LogP contribution in [0, 0.1) is 11.3 Å². The van der Waals surface area contributed by atoms with Gasteiger partial charge in [0, 0.05) is 23.0 Å². The first kappa shape index (κ1) is 28.4. The number of halogens is 4. The van der Waals surface area contributed by atoms with E-state index < -0.39 is 47.1 Å². The predicted molar refractivity (Wildman–Crippen MR) is 128 cm³/mol. The number of amides is 4. The van der Waals surface area contributed by atoms with Gasteiger partial charge in [-0.1, -0.05) is 11.6 Å². The fourth-order valence-electron chi connectivity index (χ4n) is 3.77. The van der Waals surface area contributed by atoms with Crippen LogP contribution in [0.5, 0.6) is 0 Å².